The van der Waals surface area contributed by atoms with Crippen LogP contribution in [0.2, 0.25) is 0 Å². The first kappa shape index (κ1) is 22.8. The molecule has 12 heteroatoms. The summed E-state index contributed by atoms with van der Waals surface area (Å²) in [5.41, 5.74) is -0.148. The van der Waals surface area contributed by atoms with E-state index in [1.165, 1.54) is 0 Å². The van der Waals surface area contributed by atoms with Crippen molar-refractivity contribution >= 4 is 16.1 Å². The van der Waals surface area contributed by atoms with Gasteiger partial charge in [-0.05, 0) is 13.3 Å². The van der Waals surface area contributed by atoms with Gasteiger partial charge < -0.3 is 14.2 Å². The first-order valence-electron chi connectivity index (χ1n) is 6.60. The van der Waals surface area contributed by atoms with Crippen molar-refractivity contribution in [3.63, 3.8) is 0 Å². The highest BCUT2D eigenvalue weighted by Crippen LogP contribution is 2.41. The molecule has 0 unspecified atom stereocenters. The standard InChI is InChI=1S/C12H18F4O7S/c1-3-21-8-23-10(17)9(2)7-22-6-4-5-11(13,14)12(15,16)24(18,19)20/h2-8H2,1H3,(H,18,19,20). The van der Waals surface area contributed by atoms with Crippen LogP contribution in [0.5, 0.6) is 0 Å². The van der Waals surface area contributed by atoms with E-state index in [2.05, 4.69) is 11.3 Å². The maximum atomic E-state index is 13.1. The summed E-state index contributed by atoms with van der Waals surface area (Å²) in [6.45, 7) is 4.13. The van der Waals surface area contributed by atoms with Gasteiger partial charge in [0.15, 0.2) is 6.79 Å². The molecule has 0 amide bonds. The molecule has 0 aliphatic heterocycles. The maximum absolute atomic E-state index is 13.1. The Labute approximate surface area is 136 Å². The number of rotatable bonds is 12. The number of hydrogen-bond donors (Lipinski definition) is 1. The summed E-state index contributed by atoms with van der Waals surface area (Å²) in [7, 11) is -6.25. The lowest BCUT2D eigenvalue weighted by atomic mass is 10.2. The summed E-state index contributed by atoms with van der Waals surface area (Å²) >= 11 is 0. The van der Waals surface area contributed by atoms with Crippen molar-refractivity contribution in [3.05, 3.63) is 12.2 Å². The number of esters is 1. The number of ether oxygens (including phenoxy) is 3. The normalized spacial score (nSPS) is 12.9. The van der Waals surface area contributed by atoms with E-state index in [9.17, 15) is 30.8 Å². The molecule has 0 aromatic rings. The lowest BCUT2D eigenvalue weighted by Gasteiger charge is -2.23. The van der Waals surface area contributed by atoms with Gasteiger partial charge in [0.2, 0.25) is 0 Å². The van der Waals surface area contributed by atoms with Crippen LogP contribution in [0.25, 0.3) is 0 Å². The van der Waals surface area contributed by atoms with E-state index < -0.39 is 53.3 Å². The second-order valence-electron chi connectivity index (χ2n) is 4.50. The van der Waals surface area contributed by atoms with E-state index in [0.717, 1.165) is 0 Å². The lowest BCUT2D eigenvalue weighted by Crippen LogP contribution is -2.46. The maximum Gasteiger partial charge on any atom is 0.431 e. The van der Waals surface area contributed by atoms with Crippen LogP contribution in [0.1, 0.15) is 19.8 Å². The van der Waals surface area contributed by atoms with Gasteiger partial charge in [0, 0.05) is 19.6 Å². The minimum atomic E-state index is -6.25. The molecule has 0 saturated carbocycles. The van der Waals surface area contributed by atoms with Gasteiger partial charge >= 0.3 is 27.3 Å². The summed E-state index contributed by atoms with van der Waals surface area (Å²) in [4.78, 5) is 11.3. The van der Waals surface area contributed by atoms with Crippen molar-refractivity contribution in [1.29, 1.82) is 0 Å². The molecule has 142 valence electrons. The van der Waals surface area contributed by atoms with E-state index in [-0.39, 0.29) is 12.4 Å². The van der Waals surface area contributed by atoms with E-state index in [1.54, 1.807) is 6.92 Å². The molecule has 7 nitrogen and oxygen atoms in total. The van der Waals surface area contributed by atoms with Gasteiger partial charge in [0.1, 0.15) is 0 Å². The number of carbonyl (C=O) groups is 1. The van der Waals surface area contributed by atoms with Gasteiger partial charge in [-0.3, -0.25) is 4.55 Å². The van der Waals surface area contributed by atoms with Gasteiger partial charge in [-0.25, -0.2) is 4.79 Å². The van der Waals surface area contributed by atoms with Crippen LogP contribution in [0.15, 0.2) is 12.2 Å². The van der Waals surface area contributed by atoms with E-state index in [1.807, 2.05) is 0 Å². The molecule has 0 atom stereocenters. The van der Waals surface area contributed by atoms with Crippen LogP contribution in [-0.4, -0.2) is 56.7 Å². The molecule has 0 aliphatic carbocycles. The van der Waals surface area contributed by atoms with Gasteiger partial charge in [0.25, 0.3) is 0 Å². The van der Waals surface area contributed by atoms with Crippen LogP contribution in [0.4, 0.5) is 17.6 Å². The Hall–Kier alpha value is -1.24. The third kappa shape index (κ3) is 6.71. The average Bonchev–Trinajstić information content (AvgIpc) is 2.45. The van der Waals surface area contributed by atoms with Crippen molar-refractivity contribution in [2.24, 2.45) is 0 Å². The van der Waals surface area contributed by atoms with Gasteiger partial charge in [0.05, 0.1) is 12.2 Å². The fraction of sp³-hybridized carbons (Fsp3) is 0.750. The molecule has 24 heavy (non-hydrogen) atoms. The summed E-state index contributed by atoms with van der Waals surface area (Å²) in [5.74, 6) is -5.82. The average molecular weight is 382 g/mol. The number of alkyl halides is 4. The zero-order valence-corrected chi connectivity index (χ0v) is 13.6. The lowest BCUT2D eigenvalue weighted by molar-refractivity contribution is -0.166. The Balaban J connectivity index is 4.18. The number of hydrogen-bond acceptors (Lipinski definition) is 6. The van der Waals surface area contributed by atoms with E-state index in [0.29, 0.717) is 6.61 Å². The Bertz CT molecular complexity index is 534. The molecular weight excluding hydrogens is 364 g/mol. The molecule has 0 rings (SSSR count). The van der Waals surface area contributed by atoms with Crippen LogP contribution in [0, 0.1) is 0 Å². The second kappa shape index (κ2) is 9.30. The minimum Gasteiger partial charge on any atom is -0.435 e. The molecule has 0 aliphatic rings. The molecule has 0 aromatic heterocycles. The second-order valence-corrected chi connectivity index (χ2v) is 5.96. The van der Waals surface area contributed by atoms with Crippen molar-refractivity contribution < 1.29 is 49.5 Å². The third-order valence-corrected chi connectivity index (χ3v) is 3.52. The quantitative estimate of drug-likeness (QED) is 0.138. The van der Waals surface area contributed by atoms with Crippen LogP contribution in [0.3, 0.4) is 0 Å². The van der Waals surface area contributed by atoms with Crippen molar-refractivity contribution in [3.8, 4) is 0 Å². The fourth-order valence-corrected chi connectivity index (χ4v) is 1.74. The third-order valence-electron chi connectivity index (χ3n) is 2.57. The number of carbonyl (C=O) groups excluding carboxylic acids is 1. The van der Waals surface area contributed by atoms with Gasteiger partial charge in [-0.1, -0.05) is 6.58 Å². The Morgan fingerprint density at radius 2 is 1.79 bits per heavy atom. The van der Waals surface area contributed by atoms with Crippen LogP contribution in [-0.2, 0) is 29.1 Å². The van der Waals surface area contributed by atoms with Crippen LogP contribution >= 0.6 is 0 Å². The minimum absolute atomic E-state index is 0.148. The SMILES string of the molecule is C=C(COCCCC(F)(F)C(F)(F)S(=O)(=O)O)C(=O)OCOCC. The molecule has 1 N–H and O–H groups in total. The molecular formula is C12H18F4O7S. The van der Waals surface area contributed by atoms with E-state index >= 15 is 0 Å². The molecule has 0 radical (unpaired) electrons. The molecule has 0 spiro atoms. The topological polar surface area (TPSA) is 99.1 Å². The molecule has 0 fully saturated rings. The van der Waals surface area contributed by atoms with Crippen molar-refractivity contribution in [2.75, 3.05) is 26.6 Å². The monoisotopic (exact) mass is 382 g/mol. The molecule has 0 aromatic carbocycles. The zero-order chi connectivity index (χ0) is 19.0. The van der Waals surface area contributed by atoms with Crippen molar-refractivity contribution in [2.45, 2.75) is 30.9 Å². The summed E-state index contributed by atoms with van der Waals surface area (Å²) < 4.78 is 94.9. The molecule has 0 heterocycles. The summed E-state index contributed by atoms with van der Waals surface area (Å²) in [6.07, 6.45) is -2.21. The smallest absolute Gasteiger partial charge is 0.431 e. The van der Waals surface area contributed by atoms with Gasteiger partial charge in [-0.15, -0.1) is 0 Å². The van der Waals surface area contributed by atoms with E-state index in [4.69, 9.17) is 14.0 Å². The predicted octanol–water partition coefficient (Wildman–Crippen LogP) is 1.99. The highest BCUT2D eigenvalue weighted by molar-refractivity contribution is 7.87. The Morgan fingerprint density at radius 3 is 2.29 bits per heavy atom. The highest BCUT2D eigenvalue weighted by atomic mass is 32.2. The summed E-state index contributed by atoms with van der Waals surface area (Å²) in [6, 6.07) is 0. The Kier molecular flexibility index (Phi) is 8.82. The van der Waals surface area contributed by atoms with Crippen LogP contribution < -0.4 is 0 Å². The first-order valence-corrected chi connectivity index (χ1v) is 8.04. The zero-order valence-electron chi connectivity index (χ0n) is 12.8. The largest absolute Gasteiger partial charge is 0.435 e. The van der Waals surface area contributed by atoms with Gasteiger partial charge in [-0.2, -0.15) is 26.0 Å². The first-order chi connectivity index (χ1) is 10.9. The summed E-state index contributed by atoms with van der Waals surface area (Å²) in [5, 5.41) is -5.60. The highest BCUT2D eigenvalue weighted by Gasteiger charge is 2.64. The molecule has 0 saturated heterocycles. The van der Waals surface area contributed by atoms with Crippen molar-refractivity contribution in [1.82, 2.24) is 0 Å². The number of halogens is 4. The fourth-order valence-electron chi connectivity index (χ4n) is 1.27. The Morgan fingerprint density at radius 1 is 1.21 bits per heavy atom. The molecule has 0 bridgehead atoms. The predicted molar refractivity (Wildman–Crippen MR) is 73.2 cm³/mol.